The summed E-state index contributed by atoms with van der Waals surface area (Å²) >= 11 is 0. The van der Waals surface area contributed by atoms with Crippen LogP contribution in [-0.4, -0.2) is 59.5 Å². The van der Waals surface area contributed by atoms with Gasteiger partial charge in [-0.1, -0.05) is 12.8 Å². The van der Waals surface area contributed by atoms with Gasteiger partial charge >= 0.3 is 6.01 Å². The van der Waals surface area contributed by atoms with Crippen molar-refractivity contribution in [1.82, 2.24) is 15.0 Å². The van der Waals surface area contributed by atoms with Gasteiger partial charge in [-0.2, -0.15) is 15.0 Å². The van der Waals surface area contributed by atoms with Gasteiger partial charge in [0.15, 0.2) is 0 Å². The van der Waals surface area contributed by atoms with Crippen LogP contribution in [0.15, 0.2) is 0 Å². The van der Waals surface area contributed by atoms with Crippen molar-refractivity contribution in [3.8, 4) is 6.01 Å². The summed E-state index contributed by atoms with van der Waals surface area (Å²) in [4.78, 5) is 17.8. The van der Waals surface area contributed by atoms with E-state index in [0.717, 1.165) is 45.0 Å². The number of methoxy groups -OCH3 is 1. The Morgan fingerprint density at radius 3 is 1.95 bits per heavy atom. The van der Waals surface area contributed by atoms with Crippen molar-refractivity contribution in [2.45, 2.75) is 44.6 Å². The highest BCUT2D eigenvalue weighted by molar-refractivity contribution is 5.40. The summed E-state index contributed by atoms with van der Waals surface area (Å²) in [7, 11) is 1.59. The average Bonchev–Trinajstić information content (AvgIpc) is 2.84. The van der Waals surface area contributed by atoms with Gasteiger partial charge in [-0.05, 0) is 25.7 Å². The molecule has 0 saturated carbocycles. The molecule has 0 unspecified atom stereocenters. The van der Waals surface area contributed by atoms with Crippen LogP contribution in [0, 0.1) is 0 Å². The molecule has 7 nitrogen and oxygen atoms in total. The van der Waals surface area contributed by atoms with Gasteiger partial charge in [-0.25, -0.2) is 0 Å². The Kier molecular flexibility index (Phi) is 4.92. The number of aliphatic hydroxyl groups excluding tert-OH is 1. The van der Waals surface area contributed by atoms with Crippen molar-refractivity contribution in [3.05, 3.63) is 0 Å². The van der Waals surface area contributed by atoms with Crippen LogP contribution in [0.4, 0.5) is 11.9 Å². The highest BCUT2D eigenvalue weighted by atomic mass is 16.5. The van der Waals surface area contributed by atoms with E-state index in [4.69, 9.17) is 4.74 Å². The standard InChI is InChI=1S/C15H25N5O2/c1-22-15-17-13(19-8-4-2-3-5-9-19)16-14(18-15)20-10-6-12(21)7-11-20/h12,21H,2-11H2,1H3. The van der Waals surface area contributed by atoms with E-state index in [1.165, 1.54) is 25.7 Å². The van der Waals surface area contributed by atoms with Crippen LogP contribution in [0.25, 0.3) is 0 Å². The van der Waals surface area contributed by atoms with E-state index in [2.05, 4.69) is 24.8 Å². The number of anilines is 2. The van der Waals surface area contributed by atoms with E-state index in [1.807, 2.05) is 0 Å². The summed E-state index contributed by atoms with van der Waals surface area (Å²) in [5, 5.41) is 9.65. The highest BCUT2D eigenvalue weighted by Gasteiger charge is 2.22. The summed E-state index contributed by atoms with van der Waals surface area (Å²) in [6, 6.07) is 0.371. The Balaban J connectivity index is 1.82. The third-order valence-electron chi connectivity index (χ3n) is 4.41. The molecule has 0 atom stereocenters. The fourth-order valence-corrected chi connectivity index (χ4v) is 3.05. The minimum atomic E-state index is -0.204. The first-order valence-electron chi connectivity index (χ1n) is 8.24. The predicted octanol–water partition coefficient (Wildman–Crippen LogP) is 1.22. The molecule has 0 aliphatic carbocycles. The summed E-state index contributed by atoms with van der Waals surface area (Å²) in [5.41, 5.74) is 0. The molecule has 1 N–H and O–H groups in total. The SMILES string of the molecule is COc1nc(N2CCCCCC2)nc(N2CCC(O)CC2)n1. The van der Waals surface area contributed by atoms with Crippen molar-refractivity contribution in [3.63, 3.8) is 0 Å². The molecule has 122 valence electrons. The maximum absolute atomic E-state index is 9.65. The normalized spacial score (nSPS) is 20.8. The summed E-state index contributed by atoms with van der Waals surface area (Å²) < 4.78 is 5.26. The minimum absolute atomic E-state index is 0.204. The molecule has 0 radical (unpaired) electrons. The lowest BCUT2D eigenvalue weighted by Crippen LogP contribution is -2.37. The molecule has 2 aliphatic heterocycles. The Hall–Kier alpha value is -1.63. The highest BCUT2D eigenvalue weighted by Crippen LogP contribution is 2.22. The largest absolute Gasteiger partial charge is 0.467 e. The maximum atomic E-state index is 9.65. The molecule has 2 fully saturated rings. The van der Waals surface area contributed by atoms with Gasteiger partial charge in [0.05, 0.1) is 13.2 Å². The number of hydrogen-bond donors (Lipinski definition) is 1. The zero-order valence-electron chi connectivity index (χ0n) is 13.2. The van der Waals surface area contributed by atoms with Crippen LogP contribution >= 0.6 is 0 Å². The summed E-state index contributed by atoms with van der Waals surface area (Å²) in [5.74, 6) is 1.38. The molecule has 3 heterocycles. The Labute approximate surface area is 131 Å². The molecule has 0 spiro atoms. The second-order valence-corrected chi connectivity index (χ2v) is 6.04. The van der Waals surface area contributed by atoms with E-state index in [0.29, 0.717) is 12.0 Å². The molecule has 1 aromatic rings. The van der Waals surface area contributed by atoms with Crippen molar-refractivity contribution >= 4 is 11.9 Å². The summed E-state index contributed by atoms with van der Waals surface area (Å²) in [6.45, 7) is 3.53. The van der Waals surface area contributed by atoms with Crippen molar-refractivity contribution in [1.29, 1.82) is 0 Å². The molecule has 1 aromatic heterocycles. The van der Waals surface area contributed by atoms with Gasteiger partial charge in [-0.3, -0.25) is 0 Å². The number of hydrogen-bond acceptors (Lipinski definition) is 7. The molecular formula is C15H25N5O2. The first-order valence-corrected chi connectivity index (χ1v) is 8.24. The molecular weight excluding hydrogens is 282 g/mol. The summed E-state index contributed by atoms with van der Waals surface area (Å²) in [6.07, 6.45) is 6.22. The Morgan fingerprint density at radius 2 is 1.41 bits per heavy atom. The smallest absolute Gasteiger partial charge is 0.322 e. The maximum Gasteiger partial charge on any atom is 0.322 e. The Morgan fingerprint density at radius 1 is 0.864 bits per heavy atom. The monoisotopic (exact) mass is 307 g/mol. The second-order valence-electron chi connectivity index (χ2n) is 6.04. The van der Waals surface area contributed by atoms with Crippen LogP contribution in [0.3, 0.4) is 0 Å². The van der Waals surface area contributed by atoms with E-state index >= 15 is 0 Å². The van der Waals surface area contributed by atoms with E-state index < -0.39 is 0 Å². The quantitative estimate of drug-likeness (QED) is 0.900. The topological polar surface area (TPSA) is 74.6 Å². The van der Waals surface area contributed by atoms with Crippen molar-refractivity contribution < 1.29 is 9.84 Å². The molecule has 7 heteroatoms. The third-order valence-corrected chi connectivity index (χ3v) is 4.41. The zero-order chi connectivity index (χ0) is 15.4. The minimum Gasteiger partial charge on any atom is -0.467 e. The van der Waals surface area contributed by atoms with Crippen LogP contribution in [-0.2, 0) is 0 Å². The van der Waals surface area contributed by atoms with Gasteiger partial charge in [0.2, 0.25) is 11.9 Å². The average molecular weight is 307 g/mol. The van der Waals surface area contributed by atoms with Gasteiger partial charge in [-0.15, -0.1) is 0 Å². The molecule has 22 heavy (non-hydrogen) atoms. The first-order chi connectivity index (χ1) is 10.8. The van der Waals surface area contributed by atoms with Crippen molar-refractivity contribution in [2.24, 2.45) is 0 Å². The van der Waals surface area contributed by atoms with Gasteiger partial charge in [0.25, 0.3) is 0 Å². The number of aromatic nitrogens is 3. The lowest BCUT2D eigenvalue weighted by atomic mass is 10.1. The molecule has 2 saturated heterocycles. The number of rotatable bonds is 3. The molecule has 0 bridgehead atoms. The molecule has 0 amide bonds. The molecule has 0 aromatic carbocycles. The number of piperidine rings is 1. The Bertz CT molecular complexity index is 483. The lowest BCUT2D eigenvalue weighted by Gasteiger charge is -2.30. The van der Waals surface area contributed by atoms with Crippen LogP contribution in [0.1, 0.15) is 38.5 Å². The van der Waals surface area contributed by atoms with E-state index in [9.17, 15) is 5.11 Å². The van der Waals surface area contributed by atoms with Crippen LogP contribution < -0.4 is 14.5 Å². The predicted molar refractivity (Wildman–Crippen MR) is 84.5 cm³/mol. The lowest BCUT2D eigenvalue weighted by molar-refractivity contribution is 0.145. The van der Waals surface area contributed by atoms with E-state index in [-0.39, 0.29) is 6.10 Å². The third kappa shape index (κ3) is 3.58. The second kappa shape index (κ2) is 7.09. The van der Waals surface area contributed by atoms with E-state index in [1.54, 1.807) is 7.11 Å². The first kappa shape index (κ1) is 15.3. The molecule has 2 aliphatic rings. The van der Waals surface area contributed by atoms with Crippen molar-refractivity contribution in [2.75, 3.05) is 43.1 Å². The number of ether oxygens (including phenoxy) is 1. The van der Waals surface area contributed by atoms with Crippen LogP contribution in [0.5, 0.6) is 6.01 Å². The molecule has 3 rings (SSSR count). The fourth-order valence-electron chi connectivity index (χ4n) is 3.05. The fraction of sp³-hybridized carbons (Fsp3) is 0.800. The van der Waals surface area contributed by atoms with Crippen LogP contribution in [0.2, 0.25) is 0 Å². The van der Waals surface area contributed by atoms with Gasteiger partial charge in [0, 0.05) is 26.2 Å². The van der Waals surface area contributed by atoms with Gasteiger partial charge < -0.3 is 19.6 Å². The number of nitrogens with zero attached hydrogens (tertiary/aromatic N) is 5. The number of aliphatic hydroxyl groups is 1. The zero-order valence-corrected chi connectivity index (χ0v) is 13.2. The van der Waals surface area contributed by atoms with Gasteiger partial charge in [0.1, 0.15) is 0 Å².